The number of rotatable bonds is 3. The number of furan rings is 1. The lowest BCUT2D eigenvalue weighted by Gasteiger charge is -2.26. The first-order chi connectivity index (χ1) is 8.18. The van der Waals surface area contributed by atoms with E-state index in [2.05, 4.69) is 21.2 Å². The second-order valence-corrected chi connectivity index (χ2v) is 5.66. The summed E-state index contributed by atoms with van der Waals surface area (Å²) in [7, 11) is 0. The van der Waals surface area contributed by atoms with Crippen LogP contribution in [0.4, 0.5) is 0 Å². The molecule has 94 valence electrons. The molecule has 1 heterocycles. The molecule has 1 aromatic rings. The van der Waals surface area contributed by atoms with E-state index in [1.54, 1.807) is 6.07 Å². The maximum absolute atomic E-state index is 11.8. The first-order valence-electron chi connectivity index (χ1n) is 5.83. The minimum Gasteiger partial charge on any atom is -0.457 e. The smallest absolute Gasteiger partial charge is 0.255 e. The number of hydrogen-bond acceptors (Lipinski definition) is 2. The van der Waals surface area contributed by atoms with Crippen LogP contribution >= 0.6 is 27.5 Å². The van der Waals surface area contributed by atoms with Gasteiger partial charge in [0.2, 0.25) is 0 Å². The Bertz CT molecular complexity index is 394. The van der Waals surface area contributed by atoms with E-state index in [1.165, 1.54) is 19.1 Å². The summed E-state index contributed by atoms with van der Waals surface area (Å²) >= 11 is 9.43. The van der Waals surface area contributed by atoms with Crippen LogP contribution in [0.5, 0.6) is 0 Å². The van der Waals surface area contributed by atoms with Gasteiger partial charge in [0.05, 0.1) is 11.8 Å². The minimum absolute atomic E-state index is 0.111. The van der Waals surface area contributed by atoms with Crippen LogP contribution in [0.15, 0.2) is 21.4 Å². The van der Waals surface area contributed by atoms with Crippen molar-refractivity contribution in [3.05, 3.63) is 22.6 Å². The highest BCUT2D eigenvalue weighted by Gasteiger charge is 2.24. The van der Waals surface area contributed by atoms with Crippen molar-refractivity contribution in [1.29, 1.82) is 0 Å². The van der Waals surface area contributed by atoms with Gasteiger partial charge in [0.15, 0.2) is 4.67 Å². The zero-order valence-electron chi connectivity index (χ0n) is 9.42. The van der Waals surface area contributed by atoms with Crippen LogP contribution in [0.1, 0.15) is 36.0 Å². The van der Waals surface area contributed by atoms with Gasteiger partial charge in [0, 0.05) is 11.9 Å². The van der Waals surface area contributed by atoms with Gasteiger partial charge in [0.1, 0.15) is 0 Å². The van der Waals surface area contributed by atoms with Crippen LogP contribution in [-0.2, 0) is 0 Å². The molecule has 0 spiro atoms. The predicted octanol–water partition coefficient (Wildman–Crippen LogP) is 3.57. The molecule has 5 heteroatoms. The molecule has 1 saturated carbocycles. The molecule has 1 aliphatic carbocycles. The molecule has 1 fully saturated rings. The highest BCUT2D eigenvalue weighted by atomic mass is 79.9. The Hall–Kier alpha value is -0.480. The van der Waals surface area contributed by atoms with Gasteiger partial charge in [-0.15, -0.1) is 11.6 Å². The molecule has 2 rings (SSSR count). The lowest BCUT2D eigenvalue weighted by Crippen LogP contribution is -2.34. The number of halogens is 2. The quantitative estimate of drug-likeness (QED) is 0.865. The average Bonchev–Trinajstić information content (AvgIpc) is 2.74. The Labute approximate surface area is 114 Å². The van der Waals surface area contributed by atoms with E-state index in [9.17, 15) is 4.79 Å². The van der Waals surface area contributed by atoms with E-state index in [1.807, 2.05) is 0 Å². The lowest BCUT2D eigenvalue weighted by atomic mass is 9.89. The Kier molecular flexibility index (Phi) is 4.51. The molecule has 1 aromatic heterocycles. The number of nitrogens with one attached hydrogen (secondary N) is 1. The van der Waals surface area contributed by atoms with Gasteiger partial charge in [0.25, 0.3) is 5.91 Å². The van der Waals surface area contributed by atoms with Crippen LogP contribution < -0.4 is 5.32 Å². The fourth-order valence-electron chi connectivity index (χ4n) is 2.17. The summed E-state index contributed by atoms with van der Waals surface area (Å²) in [6.07, 6.45) is 6.05. The molecule has 1 aliphatic rings. The predicted molar refractivity (Wildman–Crippen MR) is 70.3 cm³/mol. The third-order valence-electron chi connectivity index (χ3n) is 3.20. The van der Waals surface area contributed by atoms with Crippen LogP contribution in [0, 0.1) is 5.92 Å². The molecule has 3 nitrogen and oxygen atoms in total. The minimum atomic E-state index is -0.111. The maximum atomic E-state index is 11.8. The second kappa shape index (κ2) is 5.91. The number of amides is 1. The number of carbonyl (C=O) groups is 1. The summed E-state index contributed by atoms with van der Waals surface area (Å²) in [5, 5.41) is 3.10. The van der Waals surface area contributed by atoms with Gasteiger partial charge in [-0.2, -0.15) is 0 Å². The summed E-state index contributed by atoms with van der Waals surface area (Å²) < 4.78 is 5.50. The van der Waals surface area contributed by atoms with Crippen molar-refractivity contribution < 1.29 is 9.21 Å². The standard InChI is InChI=1S/C12H15BrClNO2/c13-11-9(5-6-17-11)12(16)15-7-8-3-1-2-4-10(8)14/h5-6,8,10H,1-4,7H2,(H,15,16). The van der Waals surface area contributed by atoms with Crippen molar-refractivity contribution >= 4 is 33.4 Å². The second-order valence-electron chi connectivity index (χ2n) is 4.38. The SMILES string of the molecule is O=C(NCC1CCCCC1Cl)c1ccoc1Br. The average molecular weight is 321 g/mol. The highest BCUT2D eigenvalue weighted by Crippen LogP contribution is 2.28. The normalized spacial score (nSPS) is 24.6. The van der Waals surface area contributed by atoms with Crippen molar-refractivity contribution in [3.8, 4) is 0 Å². The summed E-state index contributed by atoms with van der Waals surface area (Å²) in [5.41, 5.74) is 0.534. The molecule has 2 unspecified atom stereocenters. The molecule has 0 aliphatic heterocycles. The van der Waals surface area contributed by atoms with E-state index in [0.717, 1.165) is 12.8 Å². The largest absolute Gasteiger partial charge is 0.457 e. The fraction of sp³-hybridized carbons (Fsp3) is 0.583. The Morgan fingerprint density at radius 1 is 1.53 bits per heavy atom. The number of carbonyl (C=O) groups excluding carboxylic acids is 1. The number of alkyl halides is 1. The van der Waals surface area contributed by atoms with Crippen LogP contribution in [0.25, 0.3) is 0 Å². The number of hydrogen-bond donors (Lipinski definition) is 1. The van der Waals surface area contributed by atoms with Crippen molar-refractivity contribution in [2.24, 2.45) is 5.92 Å². The summed E-state index contributed by atoms with van der Waals surface area (Å²) in [4.78, 5) is 11.8. The molecule has 17 heavy (non-hydrogen) atoms. The van der Waals surface area contributed by atoms with Crippen molar-refractivity contribution in [2.45, 2.75) is 31.1 Å². The van der Waals surface area contributed by atoms with Crippen LogP contribution in [-0.4, -0.2) is 17.8 Å². The third-order valence-corrected chi connectivity index (χ3v) is 4.39. The fourth-order valence-corrected chi connectivity index (χ4v) is 2.96. The van der Waals surface area contributed by atoms with Crippen molar-refractivity contribution in [3.63, 3.8) is 0 Å². The molecule has 0 bridgehead atoms. The van der Waals surface area contributed by atoms with Crippen LogP contribution in [0.3, 0.4) is 0 Å². The lowest BCUT2D eigenvalue weighted by molar-refractivity contribution is 0.0942. The van der Waals surface area contributed by atoms with E-state index >= 15 is 0 Å². The third kappa shape index (κ3) is 3.26. The summed E-state index contributed by atoms with van der Waals surface area (Å²) in [6.45, 7) is 0.643. The van der Waals surface area contributed by atoms with E-state index in [-0.39, 0.29) is 11.3 Å². The van der Waals surface area contributed by atoms with Crippen molar-refractivity contribution in [2.75, 3.05) is 6.54 Å². The summed E-state index contributed by atoms with van der Waals surface area (Å²) in [5.74, 6) is 0.278. The van der Waals surface area contributed by atoms with Gasteiger partial charge < -0.3 is 9.73 Å². The Morgan fingerprint density at radius 3 is 2.94 bits per heavy atom. The van der Waals surface area contributed by atoms with Gasteiger partial charge in [-0.1, -0.05) is 12.8 Å². The van der Waals surface area contributed by atoms with Gasteiger partial charge in [-0.3, -0.25) is 4.79 Å². The van der Waals surface area contributed by atoms with E-state index in [4.69, 9.17) is 16.0 Å². The molecular weight excluding hydrogens is 305 g/mol. The van der Waals surface area contributed by atoms with Gasteiger partial charge in [-0.25, -0.2) is 0 Å². The van der Waals surface area contributed by atoms with E-state index < -0.39 is 0 Å². The maximum Gasteiger partial charge on any atom is 0.255 e. The van der Waals surface area contributed by atoms with Gasteiger partial charge in [-0.05, 0) is 40.8 Å². The van der Waals surface area contributed by atoms with Crippen molar-refractivity contribution in [1.82, 2.24) is 5.32 Å². The topological polar surface area (TPSA) is 42.2 Å². The first-order valence-corrected chi connectivity index (χ1v) is 7.06. The van der Waals surface area contributed by atoms with Crippen LogP contribution in [0.2, 0.25) is 0 Å². The first kappa shape index (κ1) is 13.0. The zero-order chi connectivity index (χ0) is 12.3. The Morgan fingerprint density at radius 2 is 2.29 bits per heavy atom. The molecule has 0 radical (unpaired) electrons. The molecule has 2 atom stereocenters. The Balaban J connectivity index is 1.86. The molecule has 1 N–H and O–H groups in total. The molecule has 1 amide bonds. The monoisotopic (exact) mass is 319 g/mol. The molecular formula is C12H15BrClNO2. The summed E-state index contributed by atoms with van der Waals surface area (Å²) in [6, 6.07) is 1.65. The van der Waals surface area contributed by atoms with E-state index in [0.29, 0.717) is 22.7 Å². The molecule has 0 aromatic carbocycles. The van der Waals surface area contributed by atoms with Gasteiger partial charge >= 0.3 is 0 Å². The molecule has 0 saturated heterocycles. The zero-order valence-corrected chi connectivity index (χ0v) is 11.8. The highest BCUT2D eigenvalue weighted by molar-refractivity contribution is 9.10.